The maximum Gasteiger partial charge on any atom is 0.303 e. The highest BCUT2D eigenvalue weighted by Crippen LogP contribution is 2.29. The Bertz CT molecular complexity index is 783. The molecular formula is C18H19N2O2S+. The van der Waals surface area contributed by atoms with Crippen LogP contribution in [-0.2, 0) is 11.2 Å². The van der Waals surface area contributed by atoms with Crippen LogP contribution in [0.5, 0.6) is 0 Å². The highest BCUT2D eigenvalue weighted by molar-refractivity contribution is 7.10. The molecule has 4 rings (SSSR count). The molecule has 4 nitrogen and oxygen atoms in total. The first-order valence-corrected chi connectivity index (χ1v) is 8.94. The van der Waals surface area contributed by atoms with Gasteiger partial charge in [-0.2, -0.15) is 0 Å². The summed E-state index contributed by atoms with van der Waals surface area (Å²) < 4.78 is 0. The second-order valence-corrected chi connectivity index (χ2v) is 7.16. The van der Waals surface area contributed by atoms with Crippen LogP contribution in [0.1, 0.15) is 40.2 Å². The predicted octanol–water partition coefficient (Wildman–Crippen LogP) is 1.83. The van der Waals surface area contributed by atoms with Crippen LogP contribution in [0.15, 0.2) is 35.7 Å². The molecule has 1 aromatic carbocycles. The molecule has 0 saturated carbocycles. The molecule has 2 aliphatic rings. The Morgan fingerprint density at radius 1 is 1.26 bits per heavy atom. The van der Waals surface area contributed by atoms with E-state index in [4.69, 9.17) is 0 Å². The summed E-state index contributed by atoms with van der Waals surface area (Å²) in [5, 5.41) is 2.16. The Kier molecular flexibility index (Phi) is 3.54. The first-order valence-electron chi connectivity index (χ1n) is 8.06. The number of thiophene rings is 1. The lowest BCUT2D eigenvalue weighted by Crippen LogP contribution is -3.15. The molecule has 0 spiro atoms. The lowest BCUT2D eigenvalue weighted by molar-refractivity contribution is -0.932. The molecule has 5 heteroatoms. The van der Waals surface area contributed by atoms with E-state index < -0.39 is 0 Å². The Morgan fingerprint density at radius 3 is 2.91 bits per heavy atom. The summed E-state index contributed by atoms with van der Waals surface area (Å²) in [7, 11) is 0. The Morgan fingerprint density at radius 2 is 2.09 bits per heavy atom. The predicted molar refractivity (Wildman–Crippen MR) is 90.0 cm³/mol. The molecule has 2 aliphatic heterocycles. The third-order valence-electron chi connectivity index (χ3n) is 4.97. The molecule has 0 radical (unpaired) electrons. The maximum absolute atomic E-state index is 12.4. The van der Waals surface area contributed by atoms with E-state index in [9.17, 15) is 9.59 Å². The summed E-state index contributed by atoms with van der Waals surface area (Å²) in [5.74, 6) is -0.758. The number of para-hydroxylation sites is 1. The number of carbonyl (C=O) groups is 2. The molecule has 23 heavy (non-hydrogen) atoms. The molecule has 0 saturated heterocycles. The molecule has 1 aromatic heterocycles. The molecule has 2 atom stereocenters. The number of hydrogen-bond acceptors (Lipinski definition) is 3. The highest BCUT2D eigenvalue weighted by Gasteiger charge is 2.40. The van der Waals surface area contributed by atoms with Gasteiger partial charge in [-0.25, -0.2) is 0 Å². The number of nitrogens with one attached hydrogen (secondary N) is 1. The minimum atomic E-state index is -0.385. The Labute approximate surface area is 139 Å². The summed E-state index contributed by atoms with van der Waals surface area (Å²) in [6, 6.07) is 9.94. The number of hydrogen-bond donors (Lipinski definition) is 1. The van der Waals surface area contributed by atoms with E-state index >= 15 is 0 Å². The molecule has 3 heterocycles. The second-order valence-electron chi connectivity index (χ2n) is 6.16. The second kappa shape index (κ2) is 5.58. The third-order valence-corrected chi connectivity index (χ3v) is 5.97. The van der Waals surface area contributed by atoms with E-state index in [2.05, 4.69) is 18.4 Å². The molecule has 118 valence electrons. The van der Waals surface area contributed by atoms with E-state index in [-0.39, 0.29) is 11.7 Å². The zero-order valence-corrected chi connectivity index (χ0v) is 13.9. The van der Waals surface area contributed by atoms with Crippen molar-refractivity contribution in [3.63, 3.8) is 0 Å². The minimum Gasteiger partial charge on any atom is -0.311 e. The number of carbonyl (C=O) groups excluding carboxylic acids is 2. The van der Waals surface area contributed by atoms with Crippen molar-refractivity contribution in [1.82, 2.24) is 0 Å². The standard InChI is InChI=1S/C18H18N2O2S/c1-2-14-12-8-10-23-16(12)7-9-19(14)11-20-15-6-4-3-5-13(15)17(21)18(20)22/h3-6,8,10,14H,2,7,9,11H2,1H3/p+1/t14-/m0/s1. The van der Waals surface area contributed by atoms with Crippen molar-refractivity contribution >= 4 is 28.7 Å². The van der Waals surface area contributed by atoms with E-state index in [0.29, 0.717) is 18.3 Å². The zero-order chi connectivity index (χ0) is 16.0. The number of anilines is 1. The van der Waals surface area contributed by atoms with Crippen molar-refractivity contribution in [2.45, 2.75) is 25.8 Å². The van der Waals surface area contributed by atoms with Gasteiger partial charge in [0.1, 0.15) is 6.04 Å². The van der Waals surface area contributed by atoms with Crippen LogP contribution in [0.3, 0.4) is 0 Å². The van der Waals surface area contributed by atoms with Gasteiger partial charge in [-0.1, -0.05) is 19.1 Å². The van der Waals surface area contributed by atoms with Crippen LogP contribution in [0.25, 0.3) is 0 Å². The van der Waals surface area contributed by atoms with Gasteiger partial charge in [-0.05, 0) is 23.6 Å². The smallest absolute Gasteiger partial charge is 0.303 e. The Hall–Kier alpha value is -1.98. The van der Waals surface area contributed by atoms with Crippen LogP contribution in [0, 0.1) is 0 Å². The van der Waals surface area contributed by atoms with Gasteiger partial charge in [0.05, 0.1) is 17.8 Å². The molecule has 0 aliphatic carbocycles. The number of amides is 1. The van der Waals surface area contributed by atoms with Crippen LogP contribution < -0.4 is 9.80 Å². The summed E-state index contributed by atoms with van der Waals surface area (Å²) in [6.07, 6.45) is 2.09. The number of rotatable bonds is 3. The SMILES string of the molecule is CC[C@H]1c2ccsc2CC[NH+]1CN1C(=O)C(=O)c2ccccc21. The van der Waals surface area contributed by atoms with E-state index in [1.54, 1.807) is 11.0 Å². The minimum absolute atomic E-state index is 0.374. The zero-order valence-electron chi connectivity index (χ0n) is 13.0. The average Bonchev–Trinajstić information content (AvgIpc) is 3.14. The molecule has 1 unspecified atom stereocenters. The first-order chi connectivity index (χ1) is 11.2. The monoisotopic (exact) mass is 327 g/mol. The van der Waals surface area contributed by atoms with Crippen LogP contribution in [0.2, 0.25) is 0 Å². The number of quaternary nitrogens is 1. The number of fused-ring (bicyclic) bond motifs is 2. The largest absolute Gasteiger partial charge is 0.311 e. The quantitative estimate of drug-likeness (QED) is 0.874. The van der Waals surface area contributed by atoms with Crippen molar-refractivity contribution in [1.29, 1.82) is 0 Å². The Balaban J connectivity index is 1.64. The van der Waals surface area contributed by atoms with Gasteiger partial charge >= 0.3 is 5.91 Å². The average molecular weight is 327 g/mol. The van der Waals surface area contributed by atoms with Crippen molar-refractivity contribution in [3.8, 4) is 0 Å². The molecule has 1 amide bonds. The van der Waals surface area contributed by atoms with Crippen LogP contribution >= 0.6 is 11.3 Å². The normalized spacial score (nSPS) is 23.1. The number of Topliss-reactive ketones (excluding diaryl/α,β-unsaturated/α-hetero) is 1. The highest BCUT2D eigenvalue weighted by atomic mass is 32.1. The fraction of sp³-hybridized carbons (Fsp3) is 0.333. The summed E-state index contributed by atoms with van der Waals surface area (Å²) >= 11 is 1.83. The summed E-state index contributed by atoms with van der Waals surface area (Å²) in [4.78, 5) is 29.1. The molecular weight excluding hydrogens is 308 g/mol. The van der Waals surface area contributed by atoms with E-state index in [1.165, 1.54) is 15.3 Å². The summed E-state index contributed by atoms with van der Waals surface area (Å²) in [5.41, 5.74) is 2.73. The van der Waals surface area contributed by atoms with Crippen molar-refractivity contribution in [2.24, 2.45) is 0 Å². The lowest BCUT2D eigenvalue weighted by Gasteiger charge is -2.34. The van der Waals surface area contributed by atoms with Crippen LogP contribution in [0.4, 0.5) is 5.69 Å². The van der Waals surface area contributed by atoms with Crippen molar-refractivity contribution < 1.29 is 14.5 Å². The van der Waals surface area contributed by atoms with Gasteiger partial charge < -0.3 is 4.90 Å². The third kappa shape index (κ3) is 2.23. The van der Waals surface area contributed by atoms with Gasteiger partial charge in [-0.3, -0.25) is 14.5 Å². The van der Waals surface area contributed by atoms with Gasteiger partial charge in [0, 0.05) is 23.3 Å². The van der Waals surface area contributed by atoms with E-state index in [0.717, 1.165) is 25.1 Å². The molecule has 2 aromatic rings. The molecule has 0 bridgehead atoms. The number of benzene rings is 1. The molecule has 0 fully saturated rings. The maximum atomic E-state index is 12.4. The van der Waals surface area contributed by atoms with Crippen molar-refractivity contribution in [2.75, 3.05) is 18.1 Å². The van der Waals surface area contributed by atoms with Crippen LogP contribution in [-0.4, -0.2) is 24.9 Å². The summed E-state index contributed by atoms with van der Waals surface area (Å²) in [6.45, 7) is 3.77. The fourth-order valence-corrected chi connectivity index (χ4v) is 4.78. The fourth-order valence-electron chi connectivity index (χ4n) is 3.84. The first kappa shape index (κ1) is 14.6. The van der Waals surface area contributed by atoms with Gasteiger partial charge in [0.2, 0.25) is 0 Å². The lowest BCUT2D eigenvalue weighted by atomic mass is 9.98. The number of ketones is 1. The molecule has 1 N–H and O–H groups in total. The van der Waals surface area contributed by atoms with Gasteiger partial charge in [0.25, 0.3) is 5.78 Å². The van der Waals surface area contributed by atoms with Gasteiger partial charge in [-0.15, -0.1) is 11.3 Å². The van der Waals surface area contributed by atoms with E-state index in [1.807, 2.05) is 29.5 Å². The van der Waals surface area contributed by atoms with Gasteiger partial charge in [0.15, 0.2) is 6.67 Å². The topological polar surface area (TPSA) is 41.8 Å². The van der Waals surface area contributed by atoms with Crippen molar-refractivity contribution in [3.05, 3.63) is 51.7 Å². The number of nitrogens with zero attached hydrogens (tertiary/aromatic N) is 1.